The Labute approximate surface area is 115 Å². The van der Waals surface area contributed by atoms with E-state index in [9.17, 15) is 13.2 Å². The quantitative estimate of drug-likeness (QED) is 0.782. The molecule has 0 aliphatic carbocycles. The first-order chi connectivity index (χ1) is 8.85. The molecule has 1 aliphatic heterocycles. The Bertz CT molecular complexity index is 438. The summed E-state index contributed by atoms with van der Waals surface area (Å²) in [5, 5.41) is 0.392. The number of pyridine rings is 1. The van der Waals surface area contributed by atoms with Gasteiger partial charge >= 0.3 is 6.18 Å². The minimum Gasteiger partial charge on any atom is -0.369 e. The molecule has 1 aromatic heterocycles. The van der Waals surface area contributed by atoms with E-state index in [-0.39, 0.29) is 6.04 Å². The molecule has 3 nitrogen and oxygen atoms in total. The molecule has 0 saturated carbocycles. The monoisotopic (exact) mass is 293 g/mol. The molecule has 19 heavy (non-hydrogen) atoms. The minimum atomic E-state index is -4.14. The maximum atomic E-state index is 12.4. The van der Waals surface area contributed by atoms with Crippen LogP contribution >= 0.6 is 11.6 Å². The van der Waals surface area contributed by atoms with Crippen LogP contribution in [0.3, 0.4) is 0 Å². The van der Waals surface area contributed by atoms with Crippen LogP contribution in [0.2, 0.25) is 5.15 Å². The number of piperazine rings is 1. The molecule has 106 valence electrons. The largest absolute Gasteiger partial charge is 0.401 e. The van der Waals surface area contributed by atoms with E-state index >= 15 is 0 Å². The van der Waals surface area contributed by atoms with Crippen LogP contribution in [0.4, 0.5) is 18.9 Å². The standard InChI is InChI=1S/C12H15ClF3N3/c1-9-7-18(10-2-3-17-11(13)6-10)4-5-19(9)8-12(14,15)16/h2-3,6,9H,4-5,7-8H2,1H3. The molecule has 0 N–H and O–H groups in total. The van der Waals surface area contributed by atoms with Crippen LogP contribution in [0.15, 0.2) is 18.3 Å². The number of aromatic nitrogens is 1. The van der Waals surface area contributed by atoms with E-state index in [1.54, 1.807) is 19.2 Å². The molecule has 1 unspecified atom stereocenters. The summed E-state index contributed by atoms with van der Waals surface area (Å²) in [6, 6.07) is 3.40. The van der Waals surface area contributed by atoms with Gasteiger partial charge in [0.05, 0.1) is 6.54 Å². The van der Waals surface area contributed by atoms with E-state index in [2.05, 4.69) is 4.98 Å². The van der Waals surface area contributed by atoms with E-state index < -0.39 is 12.7 Å². The van der Waals surface area contributed by atoms with Crippen molar-refractivity contribution in [2.75, 3.05) is 31.1 Å². The van der Waals surface area contributed by atoms with Gasteiger partial charge in [-0.05, 0) is 19.1 Å². The van der Waals surface area contributed by atoms with Gasteiger partial charge in [0.1, 0.15) is 5.15 Å². The maximum Gasteiger partial charge on any atom is 0.401 e. The average molecular weight is 294 g/mol. The Kier molecular flexibility index (Phi) is 4.20. The Morgan fingerprint density at radius 2 is 2.16 bits per heavy atom. The number of halogens is 4. The number of hydrogen-bond donors (Lipinski definition) is 0. The van der Waals surface area contributed by atoms with Crippen molar-refractivity contribution in [3.8, 4) is 0 Å². The molecule has 1 aromatic rings. The van der Waals surface area contributed by atoms with E-state index in [0.717, 1.165) is 5.69 Å². The van der Waals surface area contributed by atoms with Gasteiger partial charge in [-0.1, -0.05) is 11.6 Å². The third-order valence-corrected chi connectivity index (χ3v) is 3.43. The third kappa shape index (κ3) is 3.98. The molecule has 1 atom stereocenters. The Hall–Kier alpha value is -1.01. The molecule has 0 radical (unpaired) electrons. The van der Waals surface area contributed by atoms with E-state index in [1.807, 2.05) is 11.0 Å². The molecule has 2 rings (SSSR count). The molecule has 0 bridgehead atoms. The highest BCUT2D eigenvalue weighted by molar-refractivity contribution is 6.29. The highest BCUT2D eigenvalue weighted by Crippen LogP contribution is 2.24. The first-order valence-corrected chi connectivity index (χ1v) is 6.40. The van der Waals surface area contributed by atoms with Gasteiger partial charge in [0, 0.05) is 37.6 Å². The number of hydrogen-bond acceptors (Lipinski definition) is 3. The zero-order valence-corrected chi connectivity index (χ0v) is 11.2. The lowest BCUT2D eigenvalue weighted by atomic mass is 10.1. The van der Waals surface area contributed by atoms with E-state index in [0.29, 0.717) is 24.8 Å². The Balaban J connectivity index is 2.00. The summed E-state index contributed by atoms with van der Waals surface area (Å²) in [7, 11) is 0. The molecular weight excluding hydrogens is 279 g/mol. The van der Waals surface area contributed by atoms with Gasteiger partial charge in [0.25, 0.3) is 0 Å². The number of alkyl halides is 3. The second kappa shape index (κ2) is 5.54. The summed E-state index contributed by atoms with van der Waals surface area (Å²) in [5.74, 6) is 0. The highest BCUT2D eigenvalue weighted by atomic mass is 35.5. The van der Waals surface area contributed by atoms with Crippen LogP contribution in [0.25, 0.3) is 0 Å². The van der Waals surface area contributed by atoms with Gasteiger partial charge in [-0.25, -0.2) is 4.98 Å². The van der Waals surface area contributed by atoms with Crippen molar-refractivity contribution in [2.24, 2.45) is 0 Å². The molecular formula is C12H15ClF3N3. The van der Waals surface area contributed by atoms with Gasteiger partial charge in [-0.15, -0.1) is 0 Å². The second-order valence-electron chi connectivity index (χ2n) is 4.72. The molecule has 0 aromatic carbocycles. The van der Waals surface area contributed by atoms with Crippen LogP contribution in [0.5, 0.6) is 0 Å². The van der Waals surface area contributed by atoms with Crippen molar-refractivity contribution in [1.82, 2.24) is 9.88 Å². The zero-order valence-electron chi connectivity index (χ0n) is 10.5. The van der Waals surface area contributed by atoms with Crippen LogP contribution in [-0.2, 0) is 0 Å². The summed E-state index contributed by atoms with van der Waals surface area (Å²) in [6.07, 6.45) is -2.54. The van der Waals surface area contributed by atoms with Crippen molar-refractivity contribution in [3.05, 3.63) is 23.5 Å². The summed E-state index contributed by atoms with van der Waals surface area (Å²) in [6.45, 7) is 2.46. The number of anilines is 1. The lowest BCUT2D eigenvalue weighted by Crippen LogP contribution is -2.54. The van der Waals surface area contributed by atoms with Crippen LogP contribution in [-0.4, -0.2) is 48.3 Å². The van der Waals surface area contributed by atoms with E-state index in [1.165, 1.54) is 4.90 Å². The summed E-state index contributed by atoms with van der Waals surface area (Å²) in [4.78, 5) is 7.39. The van der Waals surface area contributed by atoms with Gasteiger partial charge in [-0.3, -0.25) is 4.90 Å². The fourth-order valence-corrected chi connectivity index (χ4v) is 2.45. The lowest BCUT2D eigenvalue weighted by Gasteiger charge is -2.41. The Morgan fingerprint density at radius 1 is 1.42 bits per heavy atom. The van der Waals surface area contributed by atoms with Crippen molar-refractivity contribution in [2.45, 2.75) is 19.1 Å². The first-order valence-electron chi connectivity index (χ1n) is 6.02. The van der Waals surface area contributed by atoms with Gasteiger partial charge in [0.15, 0.2) is 0 Å². The Morgan fingerprint density at radius 3 is 2.74 bits per heavy atom. The summed E-state index contributed by atoms with van der Waals surface area (Å²) in [5.41, 5.74) is 0.901. The van der Waals surface area contributed by atoms with Crippen LogP contribution in [0.1, 0.15) is 6.92 Å². The SMILES string of the molecule is CC1CN(c2ccnc(Cl)c2)CCN1CC(F)(F)F. The topological polar surface area (TPSA) is 19.4 Å². The summed E-state index contributed by atoms with van der Waals surface area (Å²) >= 11 is 5.82. The average Bonchev–Trinajstić information content (AvgIpc) is 2.30. The van der Waals surface area contributed by atoms with Crippen molar-refractivity contribution < 1.29 is 13.2 Å². The first kappa shape index (κ1) is 14.4. The highest BCUT2D eigenvalue weighted by Gasteiger charge is 2.35. The third-order valence-electron chi connectivity index (χ3n) is 3.22. The van der Waals surface area contributed by atoms with Crippen molar-refractivity contribution in [1.29, 1.82) is 0 Å². The normalized spacial score (nSPS) is 21.7. The van der Waals surface area contributed by atoms with Gasteiger partial charge in [0.2, 0.25) is 0 Å². The molecule has 2 heterocycles. The number of rotatable bonds is 2. The smallest absolute Gasteiger partial charge is 0.369 e. The molecule has 7 heteroatoms. The fourth-order valence-electron chi connectivity index (χ4n) is 2.28. The zero-order chi connectivity index (χ0) is 14.0. The molecule has 1 fully saturated rings. The lowest BCUT2D eigenvalue weighted by molar-refractivity contribution is -0.150. The van der Waals surface area contributed by atoms with Crippen molar-refractivity contribution in [3.63, 3.8) is 0 Å². The molecule has 1 saturated heterocycles. The summed E-state index contributed by atoms with van der Waals surface area (Å²) < 4.78 is 37.2. The molecule has 1 aliphatic rings. The second-order valence-corrected chi connectivity index (χ2v) is 5.10. The maximum absolute atomic E-state index is 12.4. The molecule has 0 amide bonds. The number of nitrogens with zero attached hydrogens (tertiary/aromatic N) is 3. The fraction of sp³-hybridized carbons (Fsp3) is 0.583. The van der Waals surface area contributed by atoms with Crippen molar-refractivity contribution >= 4 is 17.3 Å². The van der Waals surface area contributed by atoms with Gasteiger partial charge in [-0.2, -0.15) is 13.2 Å². The predicted molar refractivity (Wildman–Crippen MR) is 68.6 cm³/mol. The predicted octanol–water partition coefficient (Wildman–Crippen LogP) is 2.81. The van der Waals surface area contributed by atoms with E-state index in [4.69, 9.17) is 11.6 Å². The van der Waals surface area contributed by atoms with Crippen LogP contribution < -0.4 is 4.90 Å². The molecule has 0 spiro atoms. The van der Waals surface area contributed by atoms with Crippen LogP contribution in [0, 0.1) is 0 Å². The van der Waals surface area contributed by atoms with Gasteiger partial charge < -0.3 is 4.90 Å². The minimum absolute atomic E-state index is 0.151.